The Balaban J connectivity index is 1.91. The van der Waals surface area contributed by atoms with Crippen LogP contribution < -0.4 is 11.1 Å². The van der Waals surface area contributed by atoms with Gasteiger partial charge in [-0.05, 0) is 25.7 Å². The Morgan fingerprint density at radius 2 is 2.33 bits per heavy atom. The molecule has 5 heteroatoms. The lowest BCUT2D eigenvalue weighted by Crippen LogP contribution is -2.22. The molecular weight excluding hydrogens is 192 g/mol. The zero-order valence-electron chi connectivity index (χ0n) is 8.77. The second kappa shape index (κ2) is 4.02. The normalized spacial score (nSPS) is 17.5. The van der Waals surface area contributed by atoms with E-state index >= 15 is 0 Å². The summed E-state index contributed by atoms with van der Waals surface area (Å²) >= 11 is 0. The van der Waals surface area contributed by atoms with Crippen LogP contribution in [0.4, 0.5) is 11.6 Å². The molecule has 0 radical (unpaired) electrons. The molecule has 0 aromatic carbocycles. The zero-order valence-corrected chi connectivity index (χ0v) is 8.77. The van der Waals surface area contributed by atoms with E-state index < -0.39 is 0 Å². The van der Waals surface area contributed by atoms with Crippen LogP contribution in [0, 0.1) is 12.8 Å². The van der Waals surface area contributed by atoms with Crippen LogP contribution in [0.15, 0.2) is 6.07 Å². The Morgan fingerprint density at radius 1 is 1.60 bits per heavy atom. The monoisotopic (exact) mass is 208 g/mol. The standard InChI is InChI=1S/C10H16N4O/c1-6-13-9(11)4-10(14-6)12-5-8(15)7-2-3-7/h4,7-8,15H,2-3,5H2,1H3,(H3,11,12,13,14). The smallest absolute Gasteiger partial charge is 0.131 e. The van der Waals surface area contributed by atoms with Crippen LogP contribution in [-0.4, -0.2) is 27.7 Å². The van der Waals surface area contributed by atoms with Crippen molar-refractivity contribution in [2.75, 3.05) is 17.6 Å². The summed E-state index contributed by atoms with van der Waals surface area (Å²) in [6, 6.07) is 1.67. The minimum absolute atomic E-state index is 0.276. The van der Waals surface area contributed by atoms with Gasteiger partial charge in [-0.1, -0.05) is 0 Å². The van der Waals surface area contributed by atoms with E-state index in [9.17, 15) is 5.11 Å². The van der Waals surface area contributed by atoms with Gasteiger partial charge in [0.2, 0.25) is 0 Å². The fourth-order valence-corrected chi connectivity index (χ4v) is 1.54. The number of nitrogens with one attached hydrogen (secondary N) is 1. The molecule has 15 heavy (non-hydrogen) atoms. The van der Waals surface area contributed by atoms with Crippen LogP contribution in [0.3, 0.4) is 0 Å². The van der Waals surface area contributed by atoms with E-state index in [4.69, 9.17) is 5.73 Å². The SMILES string of the molecule is Cc1nc(N)cc(NCC(O)C2CC2)n1. The molecule has 5 nitrogen and oxygen atoms in total. The predicted molar refractivity (Wildman–Crippen MR) is 58.4 cm³/mol. The van der Waals surface area contributed by atoms with Crippen LogP contribution in [0.1, 0.15) is 18.7 Å². The van der Waals surface area contributed by atoms with Crippen molar-refractivity contribution in [3.8, 4) is 0 Å². The molecule has 4 N–H and O–H groups in total. The van der Waals surface area contributed by atoms with Gasteiger partial charge in [-0.25, -0.2) is 9.97 Å². The Labute approximate surface area is 88.7 Å². The van der Waals surface area contributed by atoms with Crippen molar-refractivity contribution in [3.05, 3.63) is 11.9 Å². The summed E-state index contributed by atoms with van der Waals surface area (Å²) in [4.78, 5) is 8.15. The van der Waals surface area contributed by atoms with Crippen LogP contribution in [0.25, 0.3) is 0 Å². The van der Waals surface area contributed by atoms with E-state index in [1.165, 1.54) is 0 Å². The molecule has 2 rings (SSSR count). The van der Waals surface area contributed by atoms with E-state index in [1.54, 1.807) is 13.0 Å². The molecule has 1 aliphatic rings. The molecule has 1 heterocycles. The third-order valence-corrected chi connectivity index (χ3v) is 2.52. The van der Waals surface area contributed by atoms with Gasteiger partial charge < -0.3 is 16.2 Å². The summed E-state index contributed by atoms with van der Waals surface area (Å²) in [5, 5.41) is 12.7. The first-order valence-corrected chi connectivity index (χ1v) is 5.18. The summed E-state index contributed by atoms with van der Waals surface area (Å²) < 4.78 is 0. The topological polar surface area (TPSA) is 84.1 Å². The summed E-state index contributed by atoms with van der Waals surface area (Å²) in [6.45, 7) is 2.32. The van der Waals surface area contributed by atoms with E-state index in [-0.39, 0.29) is 6.10 Å². The molecule has 1 saturated carbocycles. The molecule has 1 unspecified atom stereocenters. The second-order valence-corrected chi connectivity index (χ2v) is 4.01. The Kier molecular flexibility index (Phi) is 2.73. The Bertz CT molecular complexity index is 331. The van der Waals surface area contributed by atoms with E-state index in [2.05, 4.69) is 15.3 Å². The minimum Gasteiger partial charge on any atom is -0.391 e. The highest BCUT2D eigenvalue weighted by Gasteiger charge is 2.29. The van der Waals surface area contributed by atoms with Gasteiger partial charge >= 0.3 is 0 Å². The summed E-state index contributed by atoms with van der Waals surface area (Å²) in [5.74, 6) is 2.24. The number of aromatic nitrogens is 2. The number of rotatable bonds is 4. The average molecular weight is 208 g/mol. The summed E-state index contributed by atoms with van der Waals surface area (Å²) in [7, 11) is 0. The highest BCUT2D eigenvalue weighted by Crippen LogP contribution is 2.32. The number of aliphatic hydroxyl groups is 1. The molecule has 0 aliphatic heterocycles. The van der Waals surface area contributed by atoms with E-state index in [0.717, 1.165) is 12.8 Å². The van der Waals surface area contributed by atoms with E-state index in [0.29, 0.717) is 29.9 Å². The van der Waals surface area contributed by atoms with E-state index in [1.807, 2.05) is 0 Å². The van der Waals surface area contributed by atoms with Gasteiger partial charge in [-0.3, -0.25) is 0 Å². The van der Waals surface area contributed by atoms with Crippen molar-refractivity contribution in [1.29, 1.82) is 0 Å². The highest BCUT2D eigenvalue weighted by molar-refractivity contribution is 5.44. The number of nitrogen functional groups attached to an aromatic ring is 1. The number of nitrogens with two attached hydrogens (primary N) is 1. The number of aliphatic hydroxyl groups excluding tert-OH is 1. The summed E-state index contributed by atoms with van der Waals surface area (Å²) in [6.07, 6.45) is 1.99. The molecule has 1 aliphatic carbocycles. The lowest BCUT2D eigenvalue weighted by Gasteiger charge is -2.11. The molecule has 1 fully saturated rings. The number of hydrogen-bond acceptors (Lipinski definition) is 5. The van der Waals surface area contributed by atoms with Crippen molar-refractivity contribution in [2.24, 2.45) is 5.92 Å². The fraction of sp³-hybridized carbons (Fsp3) is 0.600. The quantitative estimate of drug-likeness (QED) is 0.673. The summed E-state index contributed by atoms with van der Waals surface area (Å²) in [5.41, 5.74) is 5.58. The van der Waals surface area contributed by atoms with Crippen molar-refractivity contribution in [1.82, 2.24) is 9.97 Å². The van der Waals surface area contributed by atoms with Gasteiger partial charge in [-0.15, -0.1) is 0 Å². The first-order chi connectivity index (χ1) is 7.15. The average Bonchev–Trinajstić information content (AvgIpc) is 2.95. The molecule has 1 atom stereocenters. The molecular formula is C10H16N4O. The minimum atomic E-state index is -0.276. The molecule has 0 amide bonds. The molecule has 1 aromatic rings. The van der Waals surface area contributed by atoms with Crippen LogP contribution >= 0.6 is 0 Å². The Morgan fingerprint density at radius 3 is 2.93 bits per heavy atom. The van der Waals surface area contributed by atoms with Crippen molar-refractivity contribution >= 4 is 11.6 Å². The molecule has 0 spiro atoms. The highest BCUT2D eigenvalue weighted by atomic mass is 16.3. The lowest BCUT2D eigenvalue weighted by atomic mass is 10.2. The van der Waals surface area contributed by atoms with Gasteiger partial charge in [0, 0.05) is 12.6 Å². The molecule has 1 aromatic heterocycles. The first-order valence-electron chi connectivity index (χ1n) is 5.18. The van der Waals surface area contributed by atoms with Crippen LogP contribution in [0.2, 0.25) is 0 Å². The third-order valence-electron chi connectivity index (χ3n) is 2.52. The molecule has 0 bridgehead atoms. The van der Waals surface area contributed by atoms with Gasteiger partial charge in [-0.2, -0.15) is 0 Å². The molecule has 82 valence electrons. The van der Waals surface area contributed by atoms with Crippen LogP contribution in [0.5, 0.6) is 0 Å². The van der Waals surface area contributed by atoms with Crippen molar-refractivity contribution < 1.29 is 5.11 Å². The first kappa shape index (κ1) is 10.2. The number of aryl methyl sites for hydroxylation is 1. The van der Waals surface area contributed by atoms with Gasteiger partial charge in [0.25, 0.3) is 0 Å². The van der Waals surface area contributed by atoms with Crippen LogP contribution in [-0.2, 0) is 0 Å². The van der Waals surface area contributed by atoms with Gasteiger partial charge in [0.15, 0.2) is 0 Å². The lowest BCUT2D eigenvalue weighted by molar-refractivity contribution is 0.164. The second-order valence-electron chi connectivity index (χ2n) is 4.01. The predicted octanol–water partition coefficient (Wildman–Crippen LogP) is 0.550. The maximum absolute atomic E-state index is 9.65. The maximum atomic E-state index is 9.65. The van der Waals surface area contributed by atoms with Crippen molar-refractivity contribution in [2.45, 2.75) is 25.9 Å². The largest absolute Gasteiger partial charge is 0.391 e. The number of hydrogen-bond donors (Lipinski definition) is 3. The molecule has 0 saturated heterocycles. The third kappa shape index (κ3) is 2.79. The fourth-order valence-electron chi connectivity index (χ4n) is 1.54. The zero-order chi connectivity index (χ0) is 10.8. The number of nitrogens with zero attached hydrogens (tertiary/aromatic N) is 2. The Hall–Kier alpha value is -1.36. The van der Waals surface area contributed by atoms with Crippen molar-refractivity contribution in [3.63, 3.8) is 0 Å². The number of anilines is 2. The maximum Gasteiger partial charge on any atom is 0.131 e. The van der Waals surface area contributed by atoms with Gasteiger partial charge in [0.05, 0.1) is 6.10 Å². The van der Waals surface area contributed by atoms with Gasteiger partial charge in [0.1, 0.15) is 17.5 Å².